The molecule has 9 nitrogen and oxygen atoms in total. The van der Waals surface area contributed by atoms with Crippen LogP contribution >= 0.6 is 0 Å². The molecule has 0 spiro atoms. The number of fused-ring (bicyclic) bond motifs is 1. The van der Waals surface area contributed by atoms with E-state index in [9.17, 15) is 24.9 Å². The summed E-state index contributed by atoms with van der Waals surface area (Å²) >= 11 is 0. The van der Waals surface area contributed by atoms with Crippen LogP contribution in [0.25, 0.3) is 0 Å². The lowest BCUT2D eigenvalue weighted by Crippen LogP contribution is -2.48. The zero-order valence-corrected chi connectivity index (χ0v) is 15.3. The first-order chi connectivity index (χ1) is 13.2. The number of carbonyl (C=O) groups is 2. The highest BCUT2D eigenvalue weighted by molar-refractivity contribution is 6.24. The molecule has 150 valence electrons. The molecule has 28 heavy (non-hydrogen) atoms. The number of nitrogens with two attached hydrogens (primary N) is 1. The van der Waals surface area contributed by atoms with Gasteiger partial charge in [0.2, 0.25) is 0 Å². The van der Waals surface area contributed by atoms with Crippen molar-refractivity contribution in [3.8, 4) is 0 Å². The maximum atomic E-state index is 13.0. The molecule has 1 aromatic heterocycles. The van der Waals surface area contributed by atoms with Crippen LogP contribution in [0, 0.1) is 0 Å². The Morgan fingerprint density at radius 3 is 2.57 bits per heavy atom. The number of nitrogens with zero attached hydrogens (tertiary/aromatic N) is 1. The molecule has 2 atom stereocenters. The van der Waals surface area contributed by atoms with Gasteiger partial charge in [0.15, 0.2) is 6.29 Å². The maximum absolute atomic E-state index is 13.0. The summed E-state index contributed by atoms with van der Waals surface area (Å²) in [5.74, 6) is -0.617. The van der Waals surface area contributed by atoms with Gasteiger partial charge in [-0.2, -0.15) is 0 Å². The Morgan fingerprint density at radius 1 is 1.21 bits per heavy atom. The summed E-state index contributed by atoms with van der Waals surface area (Å²) < 4.78 is 5.25. The van der Waals surface area contributed by atoms with Crippen LogP contribution in [0.4, 0.5) is 5.69 Å². The molecule has 2 aromatic rings. The van der Waals surface area contributed by atoms with Gasteiger partial charge in [0.05, 0.1) is 30.0 Å². The summed E-state index contributed by atoms with van der Waals surface area (Å²) in [6, 6.07) is 7.07. The highest BCUT2D eigenvalue weighted by Gasteiger charge is 2.43. The van der Waals surface area contributed by atoms with Gasteiger partial charge < -0.3 is 30.8 Å². The van der Waals surface area contributed by atoms with Crippen LogP contribution in [-0.4, -0.2) is 50.1 Å². The number of amides is 2. The molecule has 1 aliphatic heterocycles. The van der Waals surface area contributed by atoms with E-state index in [0.717, 1.165) is 4.90 Å². The van der Waals surface area contributed by atoms with Crippen LogP contribution in [0.1, 0.15) is 46.2 Å². The van der Waals surface area contributed by atoms with Gasteiger partial charge in [0.25, 0.3) is 11.8 Å². The van der Waals surface area contributed by atoms with Crippen molar-refractivity contribution in [2.75, 3.05) is 5.32 Å². The van der Waals surface area contributed by atoms with Gasteiger partial charge in [-0.05, 0) is 44.0 Å². The van der Waals surface area contributed by atoms with Crippen molar-refractivity contribution >= 4 is 17.5 Å². The first-order valence-corrected chi connectivity index (χ1v) is 8.83. The number of rotatable bonds is 8. The quantitative estimate of drug-likeness (QED) is 0.326. The van der Waals surface area contributed by atoms with E-state index in [4.69, 9.17) is 10.2 Å². The predicted octanol–water partition coefficient (Wildman–Crippen LogP) is 0.614. The molecule has 0 bridgehead atoms. The van der Waals surface area contributed by atoms with Gasteiger partial charge in [0.1, 0.15) is 11.5 Å². The van der Waals surface area contributed by atoms with Crippen LogP contribution in [0.5, 0.6) is 0 Å². The second-order valence-electron chi connectivity index (χ2n) is 7.02. The van der Waals surface area contributed by atoms with Crippen molar-refractivity contribution in [3.05, 3.63) is 53.5 Å². The third-order valence-electron chi connectivity index (χ3n) is 4.60. The van der Waals surface area contributed by atoms with Crippen LogP contribution in [0.2, 0.25) is 0 Å². The van der Waals surface area contributed by atoms with Crippen LogP contribution < -0.4 is 11.1 Å². The van der Waals surface area contributed by atoms with Crippen LogP contribution in [0.15, 0.2) is 41.0 Å². The Kier molecular flexibility index (Phi) is 5.52. The predicted molar refractivity (Wildman–Crippen MR) is 99.0 cm³/mol. The van der Waals surface area contributed by atoms with Gasteiger partial charge in [-0.15, -0.1) is 0 Å². The minimum Gasteiger partial charge on any atom is -0.467 e. The summed E-state index contributed by atoms with van der Waals surface area (Å²) in [7, 11) is 0. The molecule has 0 saturated carbocycles. The van der Waals surface area contributed by atoms with Crippen molar-refractivity contribution < 1.29 is 29.3 Å². The van der Waals surface area contributed by atoms with Crippen molar-refractivity contribution in [1.82, 2.24) is 4.90 Å². The minimum atomic E-state index is -1.97. The molecule has 3 rings (SSSR count). The fourth-order valence-electron chi connectivity index (χ4n) is 3.20. The number of benzene rings is 1. The molecular weight excluding hydrogens is 366 g/mol. The van der Waals surface area contributed by atoms with E-state index in [1.807, 2.05) is 0 Å². The molecule has 0 radical (unpaired) electrons. The number of aliphatic hydroxyl groups excluding tert-OH is 1. The second-order valence-corrected chi connectivity index (χ2v) is 7.02. The summed E-state index contributed by atoms with van der Waals surface area (Å²) in [4.78, 5) is 26.6. The van der Waals surface area contributed by atoms with E-state index < -0.39 is 29.9 Å². The Hall–Kier alpha value is -2.72. The molecule has 2 amide bonds. The first-order valence-electron chi connectivity index (χ1n) is 8.83. The molecule has 1 aromatic carbocycles. The number of carbonyl (C=O) groups excluding carboxylic acids is 2. The monoisotopic (exact) mass is 389 g/mol. The summed E-state index contributed by atoms with van der Waals surface area (Å²) in [5, 5.41) is 32.3. The van der Waals surface area contributed by atoms with E-state index in [-0.39, 0.29) is 24.0 Å². The summed E-state index contributed by atoms with van der Waals surface area (Å²) in [6.45, 7) is 1.67. The maximum Gasteiger partial charge on any atom is 0.264 e. The van der Waals surface area contributed by atoms with E-state index in [0.29, 0.717) is 18.0 Å². The molecule has 2 unspecified atom stereocenters. The van der Waals surface area contributed by atoms with Gasteiger partial charge in [0, 0.05) is 5.69 Å². The lowest BCUT2D eigenvalue weighted by atomic mass is 10.0. The first kappa shape index (κ1) is 20.0. The standard InChI is InChI=1S/C19H23N3O6/c1-19(20,27)8-7-14(18(25)26)22-16(23)12-5-2-6-13(15(12)17(22)24)21-10-11-4-3-9-28-11/h2-6,9,14,18,21,25-27H,7-8,10,20H2,1H3. The molecular formula is C19H23N3O6. The van der Waals surface area contributed by atoms with Gasteiger partial charge in [-0.3, -0.25) is 14.5 Å². The van der Waals surface area contributed by atoms with Gasteiger partial charge in [-0.25, -0.2) is 0 Å². The number of nitrogens with one attached hydrogen (secondary N) is 1. The lowest BCUT2D eigenvalue weighted by molar-refractivity contribution is -0.0927. The molecule has 1 aliphatic rings. The topological polar surface area (TPSA) is 149 Å². The Morgan fingerprint density at radius 2 is 1.96 bits per heavy atom. The Labute approximate surface area is 161 Å². The molecule has 0 saturated heterocycles. The molecule has 6 N–H and O–H groups in total. The highest BCUT2D eigenvalue weighted by Crippen LogP contribution is 2.32. The molecule has 2 heterocycles. The number of imide groups is 1. The smallest absolute Gasteiger partial charge is 0.264 e. The third kappa shape index (κ3) is 4.07. The molecule has 0 fully saturated rings. The van der Waals surface area contributed by atoms with E-state index >= 15 is 0 Å². The fraction of sp³-hybridized carbons (Fsp3) is 0.368. The van der Waals surface area contributed by atoms with Crippen LogP contribution in [-0.2, 0) is 6.54 Å². The third-order valence-corrected chi connectivity index (χ3v) is 4.60. The van der Waals surface area contributed by atoms with Crippen molar-refractivity contribution in [1.29, 1.82) is 0 Å². The highest BCUT2D eigenvalue weighted by atomic mass is 16.5. The Bertz CT molecular complexity index is 857. The van der Waals surface area contributed by atoms with Crippen molar-refractivity contribution in [2.45, 2.75) is 44.4 Å². The second kappa shape index (κ2) is 7.72. The number of anilines is 1. The Balaban J connectivity index is 1.86. The molecule has 0 aliphatic carbocycles. The van der Waals surface area contributed by atoms with Crippen molar-refractivity contribution in [2.24, 2.45) is 5.73 Å². The number of hydrogen-bond acceptors (Lipinski definition) is 8. The number of hydrogen-bond donors (Lipinski definition) is 5. The lowest BCUT2D eigenvalue weighted by Gasteiger charge is -2.29. The van der Waals surface area contributed by atoms with Gasteiger partial charge >= 0.3 is 0 Å². The minimum absolute atomic E-state index is 0.0354. The largest absolute Gasteiger partial charge is 0.467 e. The van der Waals surface area contributed by atoms with Gasteiger partial charge in [-0.1, -0.05) is 6.07 Å². The van der Waals surface area contributed by atoms with E-state index in [1.54, 1.807) is 24.3 Å². The average molecular weight is 389 g/mol. The molecule has 9 heteroatoms. The van der Waals surface area contributed by atoms with Crippen LogP contribution in [0.3, 0.4) is 0 Å². The van der Waals surface area contributed by atoms with E-state index in [1.165, 1.54) is 19.3 Å². The summed E-state index contributed by atoms with van der Waals surface area (Å²) in [6.07, 6.45) is -0.541. The SMILES string of the molecule is CC(N)(O)CCC(C(O)O)N1C(=O)c2cccc(NCc3ccco3)c2C1=O. The number of aliphatic hydroxyl groups is 3. The van der Waals surface area contributed by atoms with Crippen molar-refractivity contribution in [3.63, 3.8) is 0 Å². The number of furan rings is 1. The zero-order chi connectivity index (χ0) is 20.5. The fourth-order valence-corrected chi connectivity index (χ4v) is 3.20. The summed E-state index contributed by atoms with van der Waals surface area (Å²) in [5.41, 5.74) is 4.72. The van der Waals surface area contributed by atoms with E-state index in [2.05, 4.69) is 5.32 Å². The zero-order valence-electron chi connectivity index (χ0n) is 15.3. The normalized spacial score (nSPS) is 17.0. The average Bonchev–Trinajstić information content (AvgIpc) is 3.22.